The number of amides is 1. The molecule has 16 nitrogen and oxygen atoms in total. The van der Waals surface area contributed by atoms with E-state index in [2.05, 4.69) is 5.32 Å². The highest BCUT2D eigenvalue weighted by Gasteiger charge is 2.51. The van der Waals surface area contributed by atoms with Crippen LogP contribution in [0.4, 0.5) is 0 Å². The lowest BCUT2D eigenvalue weighted by atomic mass is 9.84. The Morgan fingerprint density at radius 3 is 2.00 bits per heavy atom. The second-order valence-corrected chi connectivity index (χ2v) is 9.77. The minimum Gasteiger partial charge on any atom is -0.389 e. The van der Waals surface area contributed by atoms with Gasteiger partial charge in [-0.15, -0.1) is 0 Å². The number of carbonyl (C=O) groups excluding carboxylic acids is 2. The number of carbonyl (C=O) groups is 2. The molecule has 0 aromatic carbocycles. The third-order valence-electron chi connectivity index (χ3n) is 7.09. The number of aliphatic hydroxyl groups is 5. The summed E-state index contributed by atoms with van der Waals surface area (Å²) in [5.74, 6) is -1.68. The smallest absolute Gasteiger partial charge is 0.216 e. The summed E-state index contributed by atoms with van der Waals surface area (Å²) in [5, 5.41) is 54.9. The number of hydrogen-bond acceptors (Lipinski definition) is 15. The van der Waals surface area contributed by atoms with E-state index in [1.165, 1.54) is 6.92 Å². The van der Waals surface area contributed by atoms with Crippen molar-refractivity contribution in [3.8, 4) is 0 Å². The molecule has 1 saturated carbocycles. The molecular formula is C21H39N5O11. The molecule has 3 aliphatic rings. The lowest BCUT2D eigenvalue weighted by Crippen LogP contribution is -2.68. The van der Waals surface area contributed by atoms with Gasteiger partial charge in [0.15, 0.2) is 12.6 Å². The van der Waals surface area contributed by atoms with Crippen molar-refractivity contribution in [1.29, 1.82) is 0 Å². The SMILES string of the molecule is CC(=O)NCC1O[C@H](O[C@H]2C(N)C[C@H](N)C(O[C@H]3OC(CN)[C@@H](O)C(O)C3C=O)C2O)C(O)C(N)[C@@H]1O. The molecule has 0 radical (unpaired) electrons. The average molecular weight is 538 g/mol. The first kappa shape index (κ1) is 30.2. The predicted molar refractivity (Wildman–Crippen MR) is 123 cm³/mol. The Morgan fingerprint density at radius 1 is 0.892 bits per heavy atom. The van der Waals surface area contributed by atoms with Gasteiger partial charge in [-0.25, -0.2) is 0 Å². The van der Waals surface area contributed by atoms with E-state index in [1.807, 2.05) is 0 Å². The van der Waals surface area contributed by atoms with Gasteiger partial charge in [0.25, 0.3) is 0 Å². The van der Waals surface area contributed by atoms with Crippen LogP contribution in [0.25, 0.3) is 0 Å². The first-order valence-electron chi connectivity index (χ1n) is 12.1. The van der Waals surface area contributed by atoms with Crippen LogP contribution in [0.1, 0.15) is 13.3 Å². The molecule has 3 fully saturated rings. The van der Waals surface area contributed by atoms with Crippen molar-refractivity contribution >= 4 is 12.2 Å². The lowest BCUT2D eigenvalue weighted by molar-refractivity contribution is -0.319. The van der Waals surface area contributed by atoms with Crippen LogP contribution in [0.2, 0.25) is 0 Å². The van der Waals surface area contributed by atoms with E-state index in [9.17, 15) is 35.1 Å². The van der Waals surface area contributed by atoms with Crippen LogP contribution in [0.15, 0.2) is 0 Å². The maximum Gasteiger partial charge on any atom is 0.216 e. The minimum absolute atomic E-state index is 0.0726. The van der Waals surface area contributed by atoms with Gasteiger partial charge in [-0.2, -0.15) is 0 Å². The van der Waals surface area contributed by atoms with Crippen LogP contribution in [-0.2, 0) is 28.5 Å². The fourth-order valence-corrected chi connectivity index (χ4v) is 4.85. The van der Waals surface area contributed by atoms with Gasteiger partial charge in [0, 0.05) is 32.1 Å². The molecule has 2 aliphatic heterocycles. The fourth-order valence-electron chi connectivity index (χ4n) is 4.85. The van der Waals surface area contributed by atoms with E-state index in [4.69, 9.17) is 41.9 Å². The summed E-state index contributed by atoms with van der Waals surface area (Å²) in [6, 6.07) is -2.90. The molecule has 0 aromatic heterocycles. The van der Waals surface area contributed by atoms with E-state index in [0.717, 1.165) is 0 Å². The first-order chi connectivity index (χ1) is 17.4. The van der Waals surface area contributed by atoms with Gasteiger partial charge in [0.2, 0.25) is 5.91 Å². The first-order valence-corrected chi connectivity index (χ1v) is 12.1. The zero-order valence-corrected chi connectivity index (χ0v) is 20.4. The topological polar surface area (TPSA) is 288 Å². The Labute approximate surface area is 213 Å². The van der Waals surface area contributed by atoms with Crippen molar-refractivity contribution in [2.45, 2.75) is 99.0 Å². The molecule has 214 valence electrons. The Balaban J connectivity index is 1.74. The van der Waals surface area contributed by atoms with Crippen LogP contribution in [0, 0.1) is 5.92 Å². The van der Waals surface area contributed by atoms with Gasteiger partial charge < -0.3 is 77.5 Å². The van der Waals surface area contributed by atoms with Gasteiger partial charge in [-0.1, -0.05) is 0 Å². The van der Waals surface area contributed by atoms with Gasteiger partial charge in [0.1, 0.15) is 49.0 Å². The molecule has 15 atom stereocenters. The van der Waals surface area contributed by atoms with E-state index < -0.39 is 91.6 Å². The summed E-state index contributed by atoms with van der Waals surface area (Å²) in [6.45, 7) is 0.983. The number of hydrogen-bond donors (Lipinski definition) is 10. The quantitative estimate of drug-likeness (QED) is 0.129. The van der Waals surface area contributed by atoms with Crippen molar-refractivity contribution in [1.82, 2.24) is 5.32 Å². The van der Waals surface area contributed by atoms with Crippen LogP contribution in [0.3, 0.4) is 0 Å². The Hall–Kier alpha value is -1.38. The van der Waals surface area contributed by atoms with Crippen LogP contribution < -0.4 is 28.3 Å². The van der Waals surface area contributed by atoms with Crippen LogP contribution >= 0.6 is 0 Å². The Bertz CT molecular complexity index is 783. The molecule has 2 heterocycles. The highest BCUT2D eigenvalue weighted by atomic mass is 16.7. The van der Waals surface area contributed by atoms with Gasteiger partial charge >= 0.3 is 0 Å². The molecule has 2 saturated heterocycles. The maximum absolute atomic E-state index is 11.6. The van der Waals surface area contributed by atoms with E-state index in [-0.39, 0.29) is 25.4 Å². The molecular weight excluding hydrogens is 498 g/mol. The number of nitrogens with two attached hydrogens (primary N) is 4. The largest absolute Gasteiger partial charge is 0.389 e. The van der Waals surface area contributed by atoms with Crippen molar-refractivity contribution in [2.75, 3.05) is 13.1 Å². The third-order valence-corrected chi connectivity index (χ3v) is 7.09. The summed E-state index contributed by atoms with van der Waals surface area (Å²) in [4.78, 5) is 22.9. The van der Waals surface area contributed by atoms with Crippen LogP contribution in [-0.4, -0.2) is 136 Å². The minimum atomic E-state index is -1.53. The maximum atomic E-state index is 11.6. The van der Waals surface area contributed by atoms with Gasteiger partial charge in [0.05, 0.1) is 24.2 Å². The molecule has 9 unspecified atom stereocenters. The number of aliphatic hydroxyl groups excluding tert-OH is 5. The summed E-state index contributed by atoms with van der Waals surface area (Å²) in [7, 11) is 0. The number of nitrogens with one attached hydrogen (secondary N) is 1. The zero-order chi connectivity index (χ0) is 27.6. The predicted octanol–water partition coefficient (Wildman–Crippen LogP) is -6.69. The standard InChI is InChI=1S/C21H39N5O11/c1-6(28)26-4-11-14(30)12(25)16(32)21(35-11)37-19-9(24)2-8(23)18(17(19)33)36-20-7(5-27)13(29)15(31)10(3-22)34-20/h5,7-21,29-33H,2-4,22-25H2,1H3,(H,26,28)/t7?,8-,9?,10?,11?,12?,13?,14+,15+,16?,17?,18?,19-,20+,21+/m0/s1. The molecule has 1 aliphatic carbocycles. The Morgan fingerprint density at radius 2 is 1.46 bits per heavy atom. The molecule has 0 spiro atoms. The summed E-state index contributed by atoms with van der Waals surface area (Å²) < 4.78 is 22.8. The molecule has 1 amide bonds. The fraction of sp³-hybridized carbons (Fsp3) is 0.905. The van der Waals surface area contributed by atoms with Crippen molar-refractivity contribution in [3.63, 3.8) is 0 Å². The van der Waals surface area contributed by atoms with E-state index in [1.54, 1.807) is 0 Å². The van der Waals surface area contributed by atoms with E-state index >= 15 is 0 Å². The highest BCUT2D eigenvalue weighted by Crippen LogP contribution is 2.32. The monoisotopic (exact) mass is 537 g/mol. The molecule has 0 aromatic rings. The highest BCUT2D eigenvalue weighted by molar-refractivity contribution is 5.72. The normalized spacial score (nSPS) is 48.9. The second-order valence-electron chi connectivity index (χ2n) is 9.77. The molecule has 0 bridgehead atoms. The molecule has 16 heteroatoms. The van der Waals surface area contributed by atoms with Crippen molar-refractivity contribution < 1.29 is 54.1 Å². The van der Waals surface area contributed by atoms with Gasteiger partial charge in [-0.3, -0.25) is 4.79 Å². The van der Waals surface area contributed by atoms with Gasteiger partial charge in [-0.05, 0) is 6.42 Å². The van der Waals surface area contributed by atoms with Crippen molar-refractivity contribution in [3.05, 3.63) is 0 Å². The van der Waals surface area contributed by atoms with E-state index in [0.29, 0.717) is 6.29 Å². The third kappa shape index (κ3) is 6.44. The summed E-state index contributed by atoms with van der Waals surface area (Å²) in [6.07, 6.45) is -14.2. The second kappa shape index (κ2) is 12.6. The number of aldehydes is 1. The summed E-state index contributed by atoms with van der Waals surface area (Å²) in [5.41, 5.74) is 23.9. The molecule has 3 rings (SSSR count). The summed E-state index contributed by atoms with van der Waals surface area (Å²) >= 11 is 0. The zero-order valence-electron chi connectivity index (χ0n) is 20.4. The molecule has 37 heavy (non-hydrogen) atoms. The van der Waals surface area contributed by atoms with Crippen LogP contribution in [0.5, 0.6) is 0 Å². The average Bonchev–Trinajstić information content (AvgIpc) is 2.85. The number of ether oxygens (including phenoxy) is 4. The lowest BCUT2D eigenvalue weighted by Gasteiger charge is -2.48. The number of rotatable bonds is 8. The Kier molecular flexibility index (Phi) is 10.3. The molecule has 14 N–H and O–H groups in total. The van der Waals surface area contributed by atoms with Crippen molar-refractivity contribution in [2.24, 2.45) is 28.9 Å².